The lowest BCUT2D eigenvalue weighted by molar-refractivity contribution is -0.116. The van der Waals surface area contributed by atoms with Gasteiger partial charge in [0.25, 0.3) is 0 Å². The Kier molecular flexibility index (Phi) is 8.73. The minimum Gasteiger partial charge on any atom is -0.462 e. The zero-order valence-electron chi connectivity index (χ0n) is 15.9. The van der Waals surface area contributed by atoms with Gasteiger partial charge in [-0.25, -0.2) is 4.79 Å². The lowest BCUT2D eigenvalue weighted by Crippen LogP contribution is -2.16. The summed E-state index contributed by atoms with van der Waals surface area (Å²) in [7, 11) is 0. The SMILES string of the molecule is CCOC(=O)c1ccc(NC(=O)CSCCC(=O)Nc2cccc(C#N)c2)cc1. The molecule has 2 aromatic carbocycles. The third-order valence-corrected chi connectivity index (χ3v) is 4.62. The average Bonchev–Trinajstić information content (AvgIpc) is 2.72. The third kappa shape index (κ3) is 7.68. The molecule has 2 aromatic rings. The van der Waals surface area contributed by atoms with Gasteiger partial charge in [0.2, 0.25) is 11.8 Å². The van der Waals surface area contributed by atoms with Gasteiger partial charge in [-0.2, -0.15) is 17.0 Å². The van der Waals surface area contributed by atoms with E-state index < -0.39 is 5.97 Å². The molecule has 2 N–H and O–H groups in total. The molecule has 150 valence electrons. The first kappa shape index (κ1) is 22.0. The van der Waals surface area contributed by atoms with E-state index in [-0.39, 0.29) is 24.0 Å². The molecule has 0 bridgehead atoms. The molecule has 29 heavy (non-hydrogen) atoms. The predicted molar refractivity (Wildman–Crippen MR) is 113 cm³/mol. The maximum absolute atomic E-state index is 12.0. The molecule has 0 heterocycles. The predicted octanol–water partition coefficient (Wildman–Crippen LogP) is 3.44. The lowest BCUT2D eigenvalue weighted by atomic mass is 10.2. The van der Waals surface area contributed by atoms with E-state index in [0.29, 0.717) is 34.9 Å². The van der Waals surface area contributed by atoms with E-state index in [1.807, 2.05) is 6.07 Å². The van der Waals surface area contributed by atoms with Crippen molar-refractivity contribution in [2.45, 2.75) is 13.3 Å². The monoisotopic (exact) mass is 411 g/mol. The molecule has 0 saturated carbocycles. The van der Waals surface area contributed by atoms with Crippen molar-refractivity contribution in [3.05, 3.63) is 59.7 Å². The highest BCUT2D eigenvalue weighted by Crippen LogP contribution is 2.13. The van der Waals surface area contributed by atoms with Crippen molar-refractivity contribution in [3.63, 3.8) is 0 Å². The van der Waals surface area contributed by atoms with Gasteiger partial charge in [0, 0.05) is 23.5 Å². The molecule has 0 radical (unpaired) electrons. The molecule has 0 unspecified atom stereocenters. The fourth-order valence-corrected chi connectivity index (χ4v) is 3.05. The zero-order chi connectivity index (χ0) is 21.1. The first-order valence-corrected chi connectivity index (χ1v) is 10.1. The lowest BCUT2D eigenvalue weighted by Gasteiger charge is -2.07. The van der Waals surface area contributed by atoms with Crippen LogP contribution in [0.1, 0.15) is 29.3 Å². The number of nitriles is 1. The molecule has 0 aliphatic carbocycles. The maximum atomic E-state index is 12.0. The average molecular weight is 411 g/mol. The van der Waals surface area contributed by atoms with E-state index in [9.17, 15) is 14.4 Å². The molecular formula is C21H21N3O4S. The number of benzene rings is 2. The molecule has 0 aliphatic heterocycles. The van der Waals surface area contributed by atoms with Crippen LogP contribution >= 0.6 is 11.8 Å². The van der Waals surface area contributed by atoms with Crippen molar-refractivity contribution >= 4 is 40.9 Å². The van der Waals surface area contributed by atoms with E-state index in [1.165, 1.54) is 11.8 Å². The quantitative estimate of drug-likeness (QED) is 0.483. The summed E-state index contributed by atoms with van der Waals surface area (Å²) in [6.45, 7) is 2.04. The number of thioether (sulfide) groups is 1. The van der Waals surface area contributed by atoms with Crippen LogP contribution in [0.15, 0.2) is 48.5 Å². The maximum Gasteiger partial charge on any atom is 0.338 e. The Morgan fingerprint density at radius 3 is 2.45 bits per heavy atom. The molecule has 0 saturated heterocycles. The largest absolute Gasteiger partial charge is 0.462 e. The number of rotatable bonds is 9. The van der Waals surface area contributed by atoms with Gasteiger partial charge in [-0.3, -0.25) is 9.59 Å². The molecular weight excluding hydrogens is 390 g/mol. The van der Waals surface area contributed by atoms with Crippen LogP contribution in [0.25, 0.3) is 0 Å². The number of hydrogen-bond acceptors (Lipinski definition) is 6. The number of ether oxygens (including phenoxy) is 1. The smallest absolute Gasteiger partial charge is 0.338 e. The molecule has 7 nitrogen and oxygen atoms in total. The van der Waals surface area contributed by atoms with Crippen molar-refractivity contribution < 1.29 is 19.1 Å². The van der Waals surface area contributed by atoms with E-state index in [1.54, 1.807) is 55.5 Å². The second-order valence-electron chi connectivity index (χ2n) is 5.89. The van der Waals surface area contributed by atoms with Gasteiger partial charge in [-0.1, -0.05) is 6.07 Å². The van der Waals surface area contributed by atoms with E-state index in [4.69, 9.17) is 10.00 Å². The van der Waals surface area contributed by atoms with Gasteiger partial charge >= 0.3 is 5.97 Å². The summed E-state index contributed by atoms with van der Waals surface area (Å²) in [5.41, 5.74) is 2.05. The molecule has 0 spiro atoms. The molecule has 2 amide bonds. The Morgan fingerprint density at radius 2 is 1.76 bits per heavy atom. The number of amides is 2. The molecule has 2 rings (SSSR count). The first-order chi connectivity index (χ1) is 14.0. The summed E-state index contributed by atoms with van der Waals surface area (Å²) in [6, 6.07) is 15.1. The van der Waals surface area contributed by atoms with Crippen LogP contribution in [0.2, 0.25) is 0 Å². The number of carbonyl (C=O) groups is 3. The van der Waals surface area contributed by atoms with Crippen LogP contribution in [-0.2, 0) is 14.3 Å². The van der Waals surface area contributed by atoms with E-state index in [2.05, 4.69) is 10.6 Å². The fraction of sp³-hybridized carbons (Fsp3) is 0.238. The van der Waals surface area contributed by atoms with Crippen LogP contribution < -0.4 is 10.6 Å². The topological polar surface area (TPSA) is 108 Å². The first-order valence-electron chi connectivity index (χ1n) is 8.96. The molecule has 0 aliphatic rings. The number of nitrogens with zero attached hydrogens (tertiary/aromatic N) is 1. The number of nitrogens with one attached hydrogen (secondary N) is 2. The summed E-state index contributed by atoms with van der Waals surface area (Å²) in [6.07, 6.45) is 0.253. The summed E-state index contributed by atoms with van der Waals surface area (Å²) >= 11 is 1.34. The van der Waals surface area contributed by atoms with Gasteiger partial charge in [0.1, 0.15) is 0 Å². The minimum absolute atomic E-state index is 0.178. The van der Waals surface area contributed by atoms with Crippen LogP contribution in [0.3, 0.4) is 0 Å². The highest BCUT2D eigenvalue weighted by atomic mass is 32.2. The zero-order valence-corrected chi connectivity index (χ0v) is 16.8. The van der Waals surface area contributed by atoms with Crippen molar-refractivity contribution in [2.24, 2.45) is 0 Å². The van der Waals surface area contributed by atoms with Gasteiger partial charge in [0.05, 0.1) is 29.6 Å². The Labute approximate surface area is 173 Å². The van der Waals surface area contributed by atoms with Gasteiger partial charge < -0.3 is 15.4 Å². The summed E-state index contributed by atoms with van der Waals surface area (Å²) in [4.78, 5) is 35.5. The number of esters is 1. The Hall–Kier alpha value is -3.31. The third-order valence-electron chi connectivity index (χ3n) is 3.66. The number of anilines is 2. The second kappa shape index (κ2) is 11.5. The summed E-state index contributed by atoms with van der Waals surface area (Å²) in [5.74, 6) is -0.0855. The number of carbonyl (C=O) groups excluding carboxylic acids is 3. The normalized spacial score (nSPS) is 9.93. The van der Waals surface area contributed by atoms with Crippen molar-refractivity contribution in [1.29, 1.82) is 5.26 Å². The van der Waals surface area contributed by atoms with Gasteiger partial charge in [0.15, 0.2) is 0 Å². The second-order valence-corrected chi connectivity index (χ2v) is 6.99. The Morgan fingerprint density at radius 1 is 1.03 bits per heavy atom. The Bertz CT molecular complexity index is 907. The minimum atomic E-state index is -0.404. The van der Waals surface area contributed by atoms with Gasteiger partial charge in [-0.15, -0.1) is 0 Å². The standard InChI is InChI=1S/C21H21N3O4S/c1-2-28-21(27)16-6-8-17(9-7-16)23-20(26)14-29-11-10-19(25)24-18-5-3-4-15(12-18)13-22/h3-9,12H,2,10-11,14H2,1H3,(H,23,26)(H,24,25). The summed E-state index contributed by atoms with van der Waals surface area (Å²) < 4.78 is 4.91. The highest BCUT2D eigenvalue weighted by molar-refractivity contribution is 7.99. The van der Waals surface area contributed by atoms with Crippen LogP contribution in [0.4, 0.5) is 11.4 Å². The van der Waals surface area contributed by atoms with Gasteiger partial charge in [-0.05, 0) is 49.4 Å². The number of hydrogen-bond donors (Lipinski definition) is 2. The highest BCUT2D eigenvalue weighted by Gasteiger charge is 2.08. The van der Waals surface area contributed by atoms with Crippen molar-refractivity contribution in [1.82, 2.24) is 0 Å². The van der Waals surface area contributed by atoms with E-state index in [0.717, 1.165) is 0 Å². The van der Waals surface area contributed by atoms with Crippen LogP contribution in [0.5, 0.6) is 0 Å². The molecule has 0 fully saturated rings. The molecule has 8 heteroatoms. The van der Waals surface area contributed by atoms with Crippen LogP contribution in [0, 0.1) is 11.3 Å². The molecule has 0 aromatic heterocycles. The van der Waals surface area contributed by atoms with Crippen LogP contribution in [-0.4, -0.2) is 35.9 Å². The molecule has 0 atom stereocenters. The fourth-order valence-electron chi connectivity index (χ4n) is 2.32. The van der Waals surface area contributed by atoms with Crippen molar-refractivity contribution in [2.75, 3.05) is 28.7 Å². The summed E-state index contributed by atoms with van der Waals surface area (Å²) in [5, 5.41) is 14.3. The Balaban J connectivity index is 1.68. The van der Waals surface area contributed by atoms with Crippen molar-refractivity contribution in [3.8, 4) is 6.07 Å². The van der Waals surface area contributed by atoms with E-state index >= 15 is 0 Å².